The number of halogens is 1. The third kappa shape index (κ3) is 3.34. The average Bonchev–Trinajstić information content (AvgIpc) is 2.63. The molecule has 4 rings (SSSR count). The van der Waals surface area contributed by atoms with Crippen LogP contribution in [0, 0.1) is 5.82 Å². The smallest absolute Gasteiger partial charge is 0.244 e. The third-order valence-electron chi connectivity index (χ3n) is 5.23. The fraction of sp³-hybridized carbons (Fsp3) is 0.368. The zero-order valence-corrected chi connectivity index (χ0v) is 15.2. The molecule has 0 amide bonds. The maximum Gasteiger partial charge on any atom is 0.244 e. The lowest BCUT2D eigenvalue weighted by Crippen LogP contribution is -2.62. The molecule has 2 aliphatic rings. The van der Waals surface area contributed by atoms with Crippen molar-refractivity contribution in [3.63, 3.8) is 0 Å². The van der Waals surface area contributed by atoms with Gasteiger partial charge in [-0.2, -0.15) is 4.72 Å². The number of sulfonamides is 1. The summed E-state index contributed by atoms with van der Waals surface area (Å²) in [5.41, 5.74) is 0.571. The molecule has 2 aromatic rings. The molecule has 2 heterocycles. The van der Waals surface area contributed by atoms with E-state index in [9.17, 15) is 12.8 Å². The molecule has 0 unspecified atom stereocenters. The molecule has 0 aliphatic carbocycles. The van der Waals surface area contributed by atoms with E-state index in [-0.39, 0.29) is 10.6 Å². The van der Waals surface area contributed by atoms with Crippen LogP contribution in [-0.2, 0) is 16.4 Å². The number of fused-ring (bicyclic) bond motifs is 1. The highest BCUT2D eigenvalue weighted by molar-refractivity contribution is 7.89. The maximum absolute atomic E-state index is 14.2. The summed E-state index contributed by atoms with van der Waals surface area (Å²) in [5, 5.41) is 3.14. The summed E-state index contributed by atoms with van der Waals surface area (Å²) >= 11 is 0. The van der Waals surface area contributed by atoms with Gasteiger partial charge in [0.25, 0.3) is 0 Å². The van der Waals surface area contributed by atoms with Gasteiger partial charge in [0.2, 0.25) is 10.0 Å². The Balaban J connectivity index is 1.45. The molecule has 2 aliphatic heterocycles. The fourth-order valence-corrected chi connectivity index (χ4v) is 5.30. The van der Waals surface area contributed by atoms with Crippen LogP contribution in [0.4, 0.5) is 10.1 Å². The SMILES string of the molecule is O=S1(=O)NC2(CCN(CCc3ccccc3)CC2)Nc2c(F)cccc21. The summed E-state index contributed by atoms with van der Waals surface area (Å²) in [6, 6.07) is 14.4. The predicted molar refractivity (Wildman–Crippen MR) is 98.9 cm³/mol. The normalized spacial score (nSPS) is 21.1. The van der Waals surface area contributed by atoms with E-state index in [0.29, 0.717) is 12.8 Å². The summed E-state index contributed by atoms with van der Waals surface area (Å²) in [6.45, 7) is 2.44. The minimum absolute atomic E-state index is 0.0189. The Morgan fingerprint density at radius 2 is 1.77 bits per heavy atom. The zero-order chi connectivity index (χ0) is 18.2. The van der Waals surface area contributed by atoms with Gasteiger partial charge in [0.05, 0.1) is 5.69 Å². The lowest BCUT2D eigenvalue weighted by Gasteiger charge is -2.45. The van der Waals surface area contributed by atoms with Gasteiger partial charge in [0, 0.05) is 19.6 Å². The van der Waals surface area contributed by atoms with E-state index in [1.807, 2.05) is 18.2 Å². The first kappa shape index (κ1) is 17.5. The van der Waals surface area contributed by atoms with Gasteiger partial charge in [0.15, 0.2) is 0 Å². The van der Waals surface area contributed by atoms with Crippen molar-refractivity contribution in [1.82, 2.24) is 9.62 Å². The van der Waals surface area contributed by atoms with Gasteiger partial charge in [-0.25, -0.2) is 12.8 Å². The van der Waals surface area contributed by atoms with E-state index in [0.717, 1.165) is 26.1 Å². The van der Waals surface area contributed by atoms with Crippen molar-refractivity contribution in [2.24, 2.45) is 0 Å². The number of nitrogens with one attached hydrogen (secondary N) is 2. The van der Waals surface area contributed by atoms with Crippen LogP contribution in [0.3, 0.4) is 0 Å². The quantitative estimate of drug-likeness (QED) is 0.866. The summed E-state index contributed by atoms with van der Waals surface area (Å²) in [7, 11) is -3.72. The number of anilines is 1. The van der Waals surface area contributed by atoms with Crippen LogP contribution in [0.2, 0.25) is 0 Å². The molecular weight excluding hydrogens is 353 g/mol. The highest BCUT2D eigenvalue weighted by atomic mass is 32.2. The van der Waals surface area contributed by atoms with E-state index in [1.165, 1.54) is 23.8 Å². The van der Waals surface area contributed by atoms with E-state index < -0.39 is 21.5 Å². The van der Waals surface area contributed by atoms with Crippen molar-refractivity contribution in [2.75, 3.05) is 25.0 Å². The summed E-state index contributed by atoms with van der Waals surface area (Å²) in [6.07, 6.45) is 2.15. The number of likely N-dealkylation sites (tertiary alicyclic amines) is 1. The molecule has 0 atom stereocenters. The molecule has 0 aromatic heterocycles. The molecule has 0 radical (unpaired) electrons. The average molecular weight is 375 g/mol. The van der Waals surface area contributed by atoms with Crippen LogP contribution in [0.5, 0.6) is 0 Å². The Kier molecular flexibility index (Phi) is 4.46. The molecule has 1 fully saturated rings. The Bertz CT molecular complexity index is 894. The van der Waals surface area contributed by atoms with E-state index in [2.05, 4.69) is 27.1 Å². The molecule has 7 heteroatoms. The number of benzene rings is 2. The number of hydrogen-bond acceptors (Lipinski definition) is 4. The van der Waals surface area contributed by atoms with Crippen LogP contribution in [0.25, 0.3) is 0 Å². The van der Waals surface area contributed by atoms with Crippen LogP contribution in [0.15, 0.2) is 53.4 Å². The second kappa shape index (κ2) is 6.64. The summed E-state index contributed by atoms with van der Waals surface area (Å²) < 4.78 is 42.0. The molecule has 2 N–H and O–H groups in total. The molecule has 2 aromatic carbocycles. The summed E-state index contributed by atoms with van der Waals surface area (Å²) in [5.74, 6) is -0.529. The molecule has 26 heavy (non-hydrogen) atoms. The minimum Gasteiger partial charge on any atom is -0.363 e. The third-order valence-corrected chi connectivity index (χ3v) is 6.81. The van der Waals surface area contributed by atoms with E-state index >= 15 is 0 Å². The zero-order valence-electron chi connectivity index (χ0n) is 14.4. The van der Waals surface area contributed by atoms with Crippen molar-refractivity contribution in [3.8, 4) is 0 Å². The topological polar surface area (TPSA) is 61.4 Å². The molecule has 0 bridgehead atoms. The molecule has 1 spiro atoms. The lowest BCUT2D eigenvalue weighted by atomic mass is 9.96. The second-order valence-corrected chi connectivity index (χ2v) is 8.65. The first-order chi connectivity index (χ1) is 12.5. The number of nitrogens with zero attached hydrogens (tertiary/aromatic N) is 1. The monoisotopic (exact) mass is 375 g/mol. The van der Waals surface area contributed by atoms with E-state index in [4.69, 9.17) is 0 Å². The second-order valence-electron chi connectivity index (χ2n) is 7.00. The van der Waals surface area contributed by atoms with Gasteiger partial charge in [-0.15, -0.1) is 0 Å². The van der Waals surface area contributed by atoms with Gasteiger partial charge >= 0.3 is 0 Å². The standard InChI is InChI=1S/C19H22FN3O2S/c20-16-7-4-8-17-18(16)21-19(22-26(17,24)25)10-13-23(14-11-19)12-9-15-5-2-1-3-6-15/h1-8,21-22H,9-14H2. The van der Waals surface area contributed by atoms with Crippen molar-refractivity contribution in [2.45, 2.75) is 29.8 Å². The van der Waals surface area contributed by atoms with Crippen molar-refractivity contribution >= 4 is 15.7 Å². The molecule has 138 valence electrons. The molecule has 0 saturated carbocycles. The van der Waals surface area contributed by atoms with Gasteiger partial charge in [-0.05, 0) is 37.0 Å². The first-order valence-corrected chi connectivity index (χ1v) is 10.3. The van der Waals surface area contributed by atoms with Gasteiger partial charge in [0.1, 0.15) is 16.4 Å². The number of para-hydroxylation sites is 1. The molecule has 5 nitrogen and oxygen atoms in total. The minimum atomic E-state index is -3.72. The first-order valence-electron chi connectivity index (χ1n) is 8.84. The number of piperidine rings is 1. The van der Waals surface area contributed by atoms with Crippen LogP contribution < -0.4 is 10.0 Å². The molecule has 1 saturated heterocycles. The van der Waals surface area contributed by atoms with Crippen molar-refractivity contribution < 1.29 is 12.8 Å². The lowest BCUT2D eigenvalue weighted by molar-refractivity contribution is 0.166. The predicted octanol–water partition coefficient (Wildman–Crippen LogP) is 2.56. The van der Waals surface area contributed by atoms with Gasteiger partial charge < -0.3 is 10.2 Å². The Morgan fingerprint density at radius 1 is 1.04 bits per heavy atom. The molecular formula is C19H22FN3O2S. The maximum atomic E-state index is 14.2. The highest BCUT2D eigenvalue weighted by Crippen LogP contribution is 2.36. The fourth-order valence-electron chi connectivity index (χ4n) is 3.74. The Morgan fingerprint density at radius 3 is 2.50 bits per heavy atom. The highest BCUT2D eigenvalue weighted by Gasteiger charge is 2.43. The van der Waals surface area contributed by atoms with Gasteiger partial charge in [-0.3, -0.25) is 0 Å². The van der Waals surface area contributed by atoms with Crippen LogP contribution in [-0.4, -0.2) is 38.6 Å². The van der Waals surface area contributed by atoms with E-state index in [1.54, 1.807) is 0 Å². The Hall–Kier alpha value is -1.96. The van der Waals surface area contributed by atoms with Crippen molar-refractivity contribution in [1.29, 1.82) is 0 Å². The Labute approximate surface area is 153 Å². The summed E-state index contributed by atoms with van der Waals surface area (Å²) in [4.78, 5) is 2.31. The van der Waals surface area contributed by atoms with Crippen LogP contribution >= 0.6 is 0 Å². The number of rotatable bonds is 3. The van der Waals surface area contributed by atoms with Crippen LogP contribution in [0.1, 0.15) is 18.4 Å². The number of hydrogen-bond donors (Lipinski definition) is 2. The van der Waals surface area contributed by atoms with Gasteiger partial charge in [-0.1, -0.05) is 36.4 Å². The van der Waals surface area contributed by atoms with Crippen molar-refractivity contribution in [3.05, 3.63) is 59.9 Å². The largest absolute Gasteiger partial charge is 0.363 e.